The average molecular weight is 667 g/mol. The van der Waals surface area contributed by atoms with Gasteiger partial charge in [0.05, 0.1) is 5.56 Å². The van der Waals surface area contributed by atoms with E-state index in [1.54, 1.807) is 0 Å². The van der Waals surface area contributed by atoms with E-state index >= 15 is 0 Å². The van der Waals surface area contributed by atoms with Crippen molar-refractivity contribution in [3.63, 3.8) is 0 Å². The van der Waals surface area contributed by atoms with Gasteiger partial charge in [0, 0.05) is 9.79 Å². The monoisotopic (exact) mass is 666 g/mol. The fourth-order valence-corrected chi connectivity index (χ4v) is 7.49. The maximum Gasteiger partial charge on any atom is 0.343 e. The molecule has 0 radical (unpaired) electrons. The maximum absolute atomic E-state index is 12.9. The molecule has 0 aliphatic carbocycles. The van der Waals surface area contributed by atoms with Crippen LogP contribution in [0.5, 0.6) is 5.75 Å². The van der Waals surface area contributed by atoms with Crippen LogP contribution in [-0.4, -0.2) is 17.5 Å². The van der Waals surface area contributed by atoms with Crippen molar-refractivity contribution in [1.82, 2.24) is 0 Å². The fraction of sp³-hybridized carbons (Fsp3) is 0.419. The maximum atomic E-state index is 12.9. The number of carbonyl (C=O) groups is 1. The second-order valence-electron chi connectivity index (χ2n) is 12.5. The number of benzene rings is 4. The van der Waals surface area contributed by atoms with Crippen LogP contribution in [0.3, 0.4) is 0 Å². The number of thioether (sulfide) groups is 2. The molecule has 47 heavy (non-hydrogen) atoms. The quantitative estimate of drug-likeness (QED) is 0.0361. The molecular formula is C43H54O2S2. The van der Waals surface area contributed by atoms with Crippen LogP contribution in [0.4, 0.5) is 0 Å². The Morgan fingerprint density at radius 3 is 1.19 bits per heavy atom. The summed E-state index contributed by atoms with van der Waals surface area (Å²) in [5.74, 6) is 2.57. The molecule has 0 atom stereocenters. The Bertz CT molecular complexity index is 1410. The van der Waals surface area contributed by atoms with E-state index < -0.39 is 0 Å². The number of hydrogen-bond acceptors (Lipinski definition) is 4. The molecule has 0 unspecified atom stereocenters. The van der Waals surface area contributed by atoms with Crippen LogP contribution < -0.4 is 4.74 Å². The molecule has 0 heterocycles. The highest BCUT2D eigenvalue weighted by molar-refractivity contribution is 7.99. The highest BCUT2D eigenvalue weighted by atomic mass is 32.2. The van der Waals surface area contributed by atoms with Crippen molar-refractivity contribution in [2.45, 2.75) is 114 Å². The van der Waals surface area contributed by atoms with Crippen molar-refractivity contribution < 1.29 is 9.53 Å². The fourth-order valence-electron chi connectivity index (χ4n) is 5.67. The number of ether oxygens (including phenoxy) is 1. The summed E-state index contributed by atoms with van der Waals surface area (Å²) < 4.78 is 5.70. The second-order valence-corrected chi connectivity index (χ2v) is 14.8. The largest absolute Gasteiger partial charge is 0.423 e. The number of hydrogen-bond donors (Lipinski definition) is 0. The third-order valence-corrected chi connectivity index (χ3v) is 10.8. The molecule has 0 saturated heterocycles. The summed E-state index contributed by atoms with van der Waals surface area (Å²) >= 11 is 3.89. The normalized spacial score (nSPS) is 11.1. The summed E-state index contributed by atoms with van der Waals surface area (Å²) in [4.78, 5) is 15.5. The summed E-state index contributed by atoms with van der Waals surface area (Å²) in [7, 11) is 0. The predicted molar refractivity (Wildman–Crippen MR) is 206 cm³/mol. The van der Waals surface area contributed by atoms with Gasteiger partial charge in [-0.1, -0.05) is 139 Å². The SMILES string of the molecule is CCCCCCCCCCSc1ccc(-c2ccc(OC(=O)c3ccc(-c4ccc(SCCCCCCCC)cc4)cc3)cc2)cc1. The van der Waals surface area contributed by atoms with Crippen molar-refractivity contribution in [3.05, 3.63) is 103 Å². The molecule has 4 rings (SSSR count). The minimum Gasteiger partial charge on any atom is -0.423 e. The third-order valence-electron chi connectivity index (χ3n) is 8.59. The van der Waals surface area contributed by atoms with Crippen LogP contribution in [0, 0.1) is 0 Å². The van der Waals surface area contributed by atoms with Gasteiger partial charge in [-0.25, -0.2) is 4.79 Å². The summed E-state index contributed by atoms with van der Waals surface area (Å²) in [5, 5.41) is 0. The summed E-state index contributed by atoms with van der Waals surface area (Å²) in [5.41, 5.74) is 5.07. The molecular weight excluding hydrogens is 613 g/mol. The molecule has 4 aromatic rings. The van der Waals surface area contributed by atoms with Gasteiger partial charge in [0.15, 0.2) is 0 Å². The van der Waals surface area contributed by atoms with Gasteiger partial charge in [-0.3, -0.25) is 0 Å². The minimum atomic E-state index is -0.344. The van der Waals surface area contributed by atoms with Crippen LogP contribution in [0.25, 0.3) is 22.3 Å². The zero-order chi connectivity index (χ0) is 32.9. The van der Waals surface area contributed by atoms with Gasteiger partial charge in [-0.2, -0.15) is 0 Å². The molecule has 0 fully saturated rings. The zero-order valence-electron chi connectivity index (χ0n) is 28.7. The molecule has 0 aliphatic heterocycles. The van der Waals surface area contributed by atoms with Crippen LogP contribution in [0.15, 0.2) is 107 Å². The van der Waals surface area contributed by atoms with Gasteiger partial charge in [0.25, 0.3) is 0 Å². The number of carbonyl (C=O) groups excluding carboxylic acids is 1. The van der Waals surface area contributed by atoms with Crippen molar-refractivity contribution in [2.24, 2.45) is 0 Å². The summed E-state index contributed by atoms with van der Waals surface area (Å²) in [6.07, 6.45) is 18.9. The van der Waals surface area contributed by atoms with Crippen molar-refractivity contribution in [2.75, 3.05) is 11.5 Å². The number of rotatable bonds is 22. The Kier molecular flexibility index (Phi) is 17.1. The van der Waals surface area contributed by atoms with Crippen LogP contribution in [-0.2, 0) is 0 Å². The first-order chi connectivity index (χ1) is 23.2. The Morgan fingerprint density at radius 1 is 0.447 bits per heavy atom. The molecule has 0 bridgehead atoms. The lowest BCUT2D eigenvalue weighted by atomic mass is 10.0. The lowest BCUT2D eigenvalue weighted by Crippen LogP contribution is -2.08. The molecule has 0 saturated carbocycles. The van der Waals surface area contributed by atoms with Gasteiger partial charge < -0.3 is 4.74 Å². The molecule has 4 aromatic carbocycles. The Labute approximate surface area is 293 Å². The standard InChI is InChI=1S/C43H54O2S2/c1-3-5-7-9-11-12-14-16-34-47-42-31-25-38(26-32-42)36-21-27-40(28-22-36)45-43(44)39-19-17-35(18-20-39)37-23-29-41(30-24-37)46-33-15-13-10-8-6-4-2/h17-32H,3-16,33-34H2,1-2H3. The Balaban J connectivity index is 1.17. The van der Waals surface area contributed by atoms with Gasteiger partial charge in [0.2, 0.25) is 0 Å². The first kappa shape index (κ1) is 36.9. The Hall–Kier alpha value is -2.95. The van der Waals surface area contributed by atoms with Crippen molar-refractivity contribution in [3.8, 4) is 28.0 Å². The minimum absolute atomic E-state index is 0.344. The van der Waals surface area contributed by atoms with E-state index in [4.69, 9.17) is 4.74 Å². The second kappa shape index (κ2) is 21.8. The molecule has 0 aromatic heterocycles. The van der Waals surface area contributed by atoms with E-state index in [1.807, 2.05) is 72.1 Å². The van der Waals surface area contributed by atoms with E-state index in [-0.39, 0.29) is 5.97 Å². The lowest BCUT2D eigenvalue weighted by molar-refractivity contribution is 0.0735. The molecule has 0 amide bonds. The molecule has 4 heteroatoms. The number of esters is 1. The lowest BCUT2D eigenvalue weighted by Gasteiger charge is -2.08. The van der Waals surface area contributed by atoms with Crippen molar-refractivity contribution in [1.29, 1.82) is 0 Å². The van der Waals surface area contributed by atoms with E-state index in [0.29, 0.717) is 11.3 Å². The van der Waals surface area contributed by atoms with E-state index in [2.05, 4.69) is 62.4 Å². The van der Waals surface area contributed by atoms with Gasteiger partial charge in [-0.15, -0.1) is 23.5 Å². The first-order valence-corrected chi connectivity index (χ1v) is 20.0. The van der Waals surface area contributed by atoms with Crippen LogP contribution >= 0.6 is 23.5 Å². The highest BCUT2D eigenvalue weighted by Gasteiger charge is 2.10. The zero-order valence-corrected chi connectivity index (χ0v) is 30.3. The van der Waals surface area contributed by atoms with Gasteiger partial charge in [-0.05, 0) is 95.1 Å². The average Bonchev–Trinajstić information content (AvgIpc) is 3.11. The molecule has 250 valence electrons. The van der Waals surface area contributed by atoms with Gasteiger partial charge in [0.1, 0.15) is 5.75 Å². The first-order valence-electron chi connectivity index (χ1n) is 18.0. The molecule has 2 nitrogen and oxygen atoms in total. The summed E-state index contributed by atoms with van der Waals surface area (Å²) in [6, 6.07) is 33.0. The van der Waals surface area contributed by atoms with E-state index in [9.17, 15) is 4.79 Å². The molecule has 0 N–H and O–H groups in total. The van der Waals surface area contributed by atoms with Crippen LogP contribution in [0.2, 0.25) is 0 Å². The van der Waals surface area contributed by atoms with Crippen molar-refractivity contribution >= 4 is 29.5 Å². The predicted octanol–water partition coefficient (Wildman–Crippen LogP) is 13.9. The smallest absolute Gasteiger partial charge is 0.343 e. The topological polar surface area (TPSA) is 26.3 Å². The number of unbranched alkanes of at least 4 members (excludes halogenated alkanes) is 12. The van der Waals surface area contributed by atoms with Gasteiger partial charge >= 0.3 is 5.97 Å². The third kappa shape index (κ3) is 13.6. The highest BCUT2D eigenvalue weighted by Crippen LogP contribution is 2.28. The summed E-state index contributed by atoms with van der Waals surface area (Å²) in [6.45, 7) is 4.54. The van der Waals surface area contributed by atoms with E-state index in [0.717, 1.165) is 16.7 Å². The molecule has 0 spiro atoms. The Morgan fingerprint density at radius 2 is 0.787 bits per heavy atom. The molecule has 0 aliphatic rings. The van der Waals surface area contributed by atoms with E-state index in [1.165, 1.54) is 117 Å². The van der Waals surface area contributed by atoms with Crippen LogP contribution in [0.1, 0.15) is 114 Å².